The zero-order valence-corrected chi connectivity index (χ0v) is 23.2. The van der Waals surface area contributed by atoms with Gasteiger partial charge in [-0.2, -0.15) is 0 Å². The molecule has 0 saturated carbocycles. The average Bonchev–Trinajstić information content (AvgIpc) is 3.30. The van der Waals surface area contributed by atoms with E-state index in [4.69, 9.17) is 19.6 Å². The Kier molecular flexibility index (Phi) is 9.85. The predicted molar refractivity (Wildman–Crippen MR) is 150 cm³/mol. The minimum atomic E-state index is -0.963. The van der Waals surface area contributed by atoms with Crippen molar-refractivity contribution in [2.75, 3.05) is 0 Å². The van der Waals surface area contributed by atoms with Crippen LogP contribution in [-0.4, -0.2) is 27.8 Å². The molecule has 1 amide bonds. The van der Waals surface area contributed by atoms with Crippen molar-refractivity contribution in [1.82, 2.24) is 10.3 Å². The number of amides is 1. The number of aliphatic carboxylic acids is 1. The van der Waals surface area contributed by atoms with Crippen LogP contribution in [0.25, 0.3) is 6.08 Å². The normalized spacial score (nSPS) is 13.1. The summed E-state index contributed by atoms with van der Waals surface area (Å²) < 4.78 is 11.4. The second-order valence-electron chi connectivity index (χ2n) is 9.95. The van der Waals surface area contributed by atoms with Gasteiger partial charge in [-0.1, -0.05) is 42.5 Å². The molecule has 1 aromatic heterocycles. The minimum absolute atomic E-state index is 0.245. The summed E-state index contributed by atoms with van der Waals surface area (Å²) in [6, 6.07) is 17.3. The van der Waals surface area contributed by atoms with Gasteiger partial charge >= 0.3 is 12.1 Å². The molecular formula is C30H34N2O5S. The highest BCUT2D eigenvalue weighted by Crippen LogP contribution is 2.25. The predicted octanol–water partition coefficient (Wildman–Crippen LogP) is 6.96. The third kappa shape index (κ3) is 9.52. The molecule has 2 N–H and O–H groups in total. The number of alkyl carbamates (subject to hydrolysis) is 1. The van der Waals surface area contributed by atoms with Crippen molar-refractivity contribution in [2.24, 2.45) is 0 Å². The Morgan fingerprint density at radius 1 is 1.05 bits per heavy atom. The van der Waals surface area contributed by atoms with Gasteiger partial charge in [0.1, 0.15) is 23.0 Å². The molecule has 0 bridgehead atoms. The van der Waals surface area contributed by atoms with Gasteiger partial charge < -0.3 is 19.9 Å². The summed E-state index contributed by atoms with van der Waals surface area (Å²) in [5, 5.41) is 14.7. The molecule has 0 aliphatic rings. The molecule has 38 heavy (non-hydrogen) atoms. The number of nitrogens with zero attached hydrogens (tertiary/aromatic N) is 1. The molecule has 1 atom stereocenters. The molecule has 200 valence electrons. The summed E-state index contributed by atoms with van der Waals surface area (Å²) in [7, 11) is 0. The third-order valence-electron chi connectivity index (χ3n) is 5.30. The van der Waals surface area contributed by atoms with Crippen LogP contribution in [0.4, 0.5) is 4.79 Å². The number of hydrogen-bond donors (Lipinski definition) is 2. The Hall–Kier alpha value is -3.91. The van der Waals surface area contributed by atoms with Crippen molar-refractivity contribution in [3.8, 4) is 5.75 Å². The fourth-order valence-corrected chi connectivity index (χ4v) is 4.38. The molecule has 0 radical (unpaired) electrons. The Morgan fingerprint density at radius 2 is 1.74 bits per heavy atom. The van der Waals surface area contributed by atoms with Crippen molar-refractivity contribution in [3.05, 3.63) is 99.0 Å². The van der Waals surface area contributed by atoms with Crippen molar-refractivity contribution in [3.63, 3.8) is 0 Å². The molecule has 1 heterocycles. The maximum absolute atomic E-state index is 12.6. The lowest BCUT2D eigenvalue weighted by molar-refractivity contribution is -0.132. The maximum atomic E-state index is 12.6. The zero-order chi connectivity index (χ0) is 27.7. The number of carboxylic acid groups (broad SMARTS) is 1. The van der Waals surface area contributed by atoms with Crippen LogP contribution in [0.5, 0.6) is 5.75 Å². The number of carbonyl (C=O) groups excluding carboxylic acids is 1. The first-order chi connectivity index (χ1) is 18.0. The van der Waals surface area contributed by atoms with Crippen molar-refractivity contribution in [2.45, 2.75) is 59.3 Å². The molecule has 0 fully saturated rings. The van der Waals surface area contributed by atoms with Crippen molar-refractivity contribution >= 4 is 29.5 Å². The fourth-order valence-electron chi connectivity index (χ4n) is 3.55. The summed E-state index contributed by atoms with van der Waals surface area (Å²) >= 11 is 1.43. The van der Waals surface area contributed by atoms with Crippen LogP contribution in [0.3, 0.4) is 0 Å². The Bertz CT molecular complexity index is 1290. The largest absolute Gasteiger partial charge is 0.489 e. The Balaban J connectivity index is 1.76. The highest BCUT2D eigenvalue weighted by molar-refractivity contribution is 7.09. The maximum Gasteiger partial charge on any atom is 0.408 e. The van der Waals surface area contributed by atoms with Crippen LogP contribution in [0.2, 0.25) is 0 Å². The van der Waals surface area contributed by atoms with E-state index in [9.17, 15) is 9.59 Å². The van der Waals surface area contributed by atoms with Gasteiger partial charge in [0.15, 0.2) is 0 Å². The van der Waals surface area contributed by atoms with E-state index in [0.717, 1.165) is 27.5 Å². The van der Waals surface area contributed by atoms with E-state index in [1.807, 2.05) is 93.7 Å². The Labute approximate surface area is 227 Å². The summed E-state index contributed by atoms with van der Waals surface area (Å²) in [5.41, 5.74) is 3.17. The summed E-state index contributed by atoms with van der Waals surface area (Å²) in [6.45, 7) is 9.31. The number of benzene rings is 2. The van der Waals surface area contributed by atoms with Crippen LogP contribution in [0.15, 0.2) is 77.2 Å². The van der Waals surface area contributed by atoms with E-state index in [0.29, 0.717) is 18.7 Å². The van der Waals surface area contributed by atoms with E-state index in [2.05, 4.69) is 5.32 Å². The van der Waals surface area contributed by atoms with Crippen LogP contribution < -0.4 is 10.1 Å². The van der Waals surface area contributed by atoms with E-state index >= 15 is 0 Å². The lowest BCUT2D eigenvalue weighted by Gasteiger charge is -2.23. The standard InChI is InChI=1S/C30H34N2O5S/c1-20(15-21(2)28(33)34)16-24-19-38-27(31-24)26(32-29(35)37-30(3,4)5)17-22-11-13-25(14-12-22)36-18-23-9-7-6-8-10-23/h6-16,19,26H,17-18H2,1-5H3,(H,32,35)(H,33,34)/b20-16+,21-15-/t26-/m0/s1. The quantitative estimate of drug-likeness (QED) is 0.215. The SMILES string of the molecule is C/C(=C/C(C)=C/c1csc([C@H](Cc2ccc(OCc3ccccc3)cc2)NC(=O)OC(C)(C)C)n1)C(=O)O. The van der Waals surface area contributed by atoms with Crippen LogP contribution in [0.1, 0.15) is 62.5 Å². The highest BCUT2D eigenvalue weighted by atomic mass is 32.1. The van der Waals surface area contributed by atoms with E-state index in [1.165, 1.54) is 11.3 Å². The van der Waals surface area contributed by atoms with Gasteiger partial charge in [-0.3, -0.25) is 0 Å². The Morgan fingerprint density at radius 3 is 2.37 bits per heavy atom. The minimum Gasteiger partial charge on any atom is -0.489 e. The lowest BCUT2D eigenvalue weighted by atomic mass is 10.1. The number of allylic oxidation sites excluding steroid dienone is 2. The molecule has 2 aromatic carbocycles. The lowest BCUT2D eigenvalue weighted by Crippen LogP contribution is -2.35. The van der Waals surface area contributed by atoms with Gasteiger partial charge in [0, 0.05) is 11.0 Å². The summed E-state index contributed by atoms with van der Waals surface area (Å²) in [4.78, 5) is 28.4. The summed E-state index contributed by atoms with van der Waals surface area (Å²) in [6.07, 6.45) is 3.40. The van der Waals surface area contributed by atoms with Crippen molar-refractivity contribution < 1.29 is 24.2 Å². The average molecular weight is 535 g/mol. The molecule has 0 aliphatic heterocycles. The summed E-state index contributed by atoms with van der Waals surface area (Å²) in [5.74, 6) is -0.203. The van der Waals surface area contributed by atoms with Gasteiger partial charge in [0.2, 0.25) is 0 Å². The molecule has 3 aromatic rings. The first-order valence-corrected chi connectivity index (χ1v) is 13.2. The van der Waals surface area contributed by atoms with E-state index in [1.54, 1.807) is 13.0 Å². The van der Waals surface area contributed by atoms with Gasteiger partial charge in [-0.05, 0) is 82.0 Å². The van der Waals surface area contributed by atoms with Gasteiger partial charge in [0.05, 0.1) is 11.7 Å². The number of carboxylic acids is 1. The molecule has 8 heteroatoms. The smallest absolute Gasteiger partial charge is 0.408 e. The van der Waals surface area contributed by atoms with Crippen LogP contribution >= 0.6 is 11.3 Å². The zero-order valence-electron chi connectivity index (χ0n) is 22.4. The molecule has 0 unspecified atom stereocenters. The molecule has 0 saturated heterocycles. The highest BCUT2D eigenvalue weighted by Gasteiger charge is 2.23. The molecule has 7 nitrogen and oxygen atoms in total. The first kappa shape index (κ1) is 28.7. The van der Waals surface area contributed by atoms with Gasteiger partial charge in [0.25, 0.3) is 0 Å². The third-order valence-corrected chi connectivity index (χ3v) is 6.27. The number of thiazole rings is 1. The van der Waals surface area contributed by atoms with E-state index in [-0.39, 0.29) is 5.57 Å². The van der Waals surface area contributed by atoms with Gasteiger partial charge in [-0.15, -0.1) is 11.3 Å². The van der Waals surface area contributed by atoms with E-state index < -0.39 is 23.7 Å². The van der Waals surface area contributed by atoms with Crippen molar-refractivity contribution in [1.29, 1.82) is 0 Å². The number of rotatable bonds is 10. The monoisotopic (exact) mass is 534 g/mol. The second-order valence-corrected chi connectivity index (χ2v) is 10.8. The number of nitrogens with one attached hydrogen (secondary N) is 1. The fraction of sp³-hybridized carbons (Fsp3) is 0.300. The molecule has 0 spiro atoms. The second kappa shape index (κ2) is 13.1. The number of ether oxygens (including phenoxy) is 2. The van der Waals surface area contributed by atoms with Gasteiger partial charge in [-0.25, -0.2) is 14.6 Å². The number of carbonyl (C=O) groups is 2. The van der Waals surface area contributed by atoms with Crippen LogP contribution in [0, 0.1) is 0 Å². The number of aromatic nitrogens is 1. The molecule has 0 aliphatic carbocycles. The molecular weight excluding hydrogens is 500 g/mol. The number of hydrogen-bond acceptors (Lipinski definition) is 6. The van der Waals surface area contributed by atoms with Crippen LogP contribution in [-0.2, 0) is 22.6 Å². The molecule has 3 rings (SSSR count). The first-order valence-electron chi connectivity index (χ1n) is 12.3. The topological polar surface area (TPSA) is 97.8 Å².